The third kappa shape index (κ3) is 9.63. The third-order valence-electron chi connectivity index (χ3n) is 3.53. The number of rotatable bonds is 8. The second-order valence-electron chi connectivity index (χ2n) is 7.20. The maximum atomic E-state index is 12.1. The number of hydrogen-bond donors (Lipinski definition) is 2. The van der Waals surface area contributed by atoms with Crippen molar-refractivity contribution in [2.45, 2.75) is 65.6 Å². The summed E-state index contributed by atoms with van der Waals surface area (Å²) in [6.45, 7) is 9.18. The van der Waals surface area contributed by atoms with Gasteiger partial charge in [0.05, 0.1) is 0 Å². The monoisotopic (exact) mass is 378 g/mol. The molecule has 0 aromatic heterocycles. The first-order valence-electron chi connectivity index (χ1n) is 9.17. The van der Waals surface area contributed by atoms with Gasteiger partial charge in [0.25, 0.3) is 5.91 Å². The molecule has 0 spiro atoms. The van der Waals surface area contributed by atoms with Gasteiger partial charge in [-0.15, -0.1) is 0 Å². The van der Waals surface area contributed by atoms with Crippen LogP contribution in [0, 0.1) is 0 Å². The van der Waals surface area contributed by atoms with Crippen LogP contribution in [0.3, 0.4) is 0 Å². The highest BCUT2D eigenvalue weighted by Gasteiger charge is 2.18. The zero-order valence-electron chi connectivity index (χ0n) is 16.8. The molecule has 0 fully saturated rings. The minimum Gasteiger partial charge on any atom is -0.453 e. The summed E-state index contributed by atoms with van der Waals surface area (Å²) in [5, 5.41) is 5.28. The molecule has 0 heterocycles. The van der Waals surface area contributed by atoms with Crippen molar-refractivity contribution in [3.05, 3.63) is 29.8 Å². The Hall–Kier alpha value is -2.57. The Balaban J connectivity index is 2.28. The fourth-order valence-electron chi connectivity index (χ4n) is 2.11. The second kappa shape index (κ2) is 10.5. The average molecular weight is 378 g/mol. The largest absolute Gasteiger partial charge is 0.453 e. The Morgan fingerprint density at radius 2 is 1.74 bits per heavy atom. The van der Waals surface area contributed by atoms with Crippen molar-refractivity contribution >= 4 is 23.7 Å². The Bertz CT molecular complexity index is 635. The molecule has 1 aromatic carbocycles. The highest BCUT2D eigenvalue weighted by molar-refractivity contribution is 5.95. The maximum absolute atomic E-state index is 12.1. The molecule has 0 aliphatic rings. The van der Waals surface area contributed by atoms with Crippen molar-refractivity contribution < 1.29 is 23.9 Å². The summed E-state index contributed by atoms with van der Waals surface area (Å²) in [5.41, 5.74) is 1.26. The molecule has 2 N–H and O–H groups in total. The smallest absolute Gasteiger partial charge is 0.407 e. The number of carbonyl (C=O) groups is 3. The lowest BCUT2D eigenvalue weighted by molar-refractivity contribution is -0.153. The highest BCUT2D eigenvalue weighted by Crippen LogP contribution is 2.11. The molecular formula is C20H30N2O5. The number of hydrogen-bond acceptors (Lipinski definition) is 5. The molecule has 0 radical (unpaired) electrons. The van der Waals surface area contributed by atoms with Gasteiger partial charge in [0.1, 0.15) is 5.60 Å². The summed E-state index contributed by atoms with van der Waals surface area (Å²) in [4.78, 5) is 35.4. The lowest BCUT2D eigenvalue weighted by atomic mass is 10.1. The van der Waals surface area contributed by atoms with E-state index < -0.39 is 23.8 Å². The van der Waals surface area contributed by atoms with Crippen LogP contribution in [0.1, 0.15) is 53.0 Å². The van der Waals surface area contributed by atoms with E-state index >= 15 is 0 Å². The van der Waals surface area contributed by atoms with Gasteiger partial charge in [0, 0.05) is 18.7 Å². The summed E-state index contributed by atoms with van der Waals surface area (Å²) in [6, 6.07) is 7.50. The third-order valence-corrected chi connectivity index (χ3v) is 3.53. The van der Waals surface area contributed by atoms with Gasteiger partial charge in [-0.05, 0) is 58.2 Å². The second-order valence-corrected chi connectivity index (χ2v) is 7.20. The molecule has 0 unspecified atom stereocenters. The van der Waals surface area contributed by atoms with E-state index in [0.29, 0.717) is 12.1 Å². The quantitative estimate of drug-likeness (QED) is 0.534. The molecule has 7 heteroatoms. The van der Waals surface area contributed by atoms with Gasteiger partial charge in [-0.2, -0.15) is 0 Å². The van der Waals surface area contributed by atoms with Crippen LogP contribution in [0.2, 0.25) is 0 Å². The van der Waals surface area contributed by atoms with Crippen LogP contribution in [-0.2, 0) is 25.5 Å². The first-order valence-corrected chi connectivity index (χ1v) is 9.17. The summed E-state index contributed by atoms with van der Waals surface area (Å²) in [6.07, 6.45) is -0.0194. The number of anilines is 1. The van der Waals surface area contributed by atoms with Crippen molar-refractivity contribution in [1.82, 2.24) is 5.32 Å². The Kier molecular flexibility index (Phi) is 8.78. The molecule has 2 amide bonds. The predicted octanol–water partition coefficient (Wildman–Crippen LogP) is 3.42. The minimum absolute atomic E-state index is 0.0958. The van der Waals surface area contributed by atoms with Gasteiger partial charge in [0.2, 0.25) is 0 Å². The lowest BCUT2D eigenvalue weighted by Gasteiger charge is -2.19. The van der Waals surface area contributed by atoms with Gasteiger partial charge in [-0.1, -0.05) is 19.1 Å². The number of nitrogens with one attached hydrogen (secondary N) is 2. The molecule has 27 heavy (non-hydrogen) atoms. The average Bonchev–Trinajstić information content (AvgIpc) is 2.57. The van der Waals surface area contributed by atoms with Gasteiger partial charge in [-0.3, -0.25) is 9.59 Å². The van der Waals surface area contributed by atoms with Crippen molar-refractivity contribution in [3.63, 3.8) is 0 Å². The van der Waals surface area contributed by atoms with E-state index in [2.05, 4.69) is 17.6 Å². The molecule has 0 aliphatic carbocycles. The Morgan fingerprint density at radius 3 is 2.30 bits per heavy atom. The summed E-state index contributed by atoms with van der Waals surface area (Å²) in [7, 11) is 0. The fraction of sp³-hybridized carbons (Fsp3) is 0.550. The van der Waals surface area contributed by atoms with E-state index in [1.165, 1.54) is 12.5 Å². The molecular weight excluding hydrogens is 348 g/mol. The molecule has 1 atom stereocenters. The minimum atomic E-state index is -0.901. The van der Waals surface area contributed by atoms with E-state index in [1.54, 1.807) is 20.8 Å². The Labute approximate surface area is 160 Å². The van der Waals surface area contributed by atoms with Crippen LogP contribution in [0.25, 0.3) is 0 Å². The van der Waals surface area contributed by atoms with Crippen LogP contribution >= 0.6 is 0 Å². The van der Waals surface area contributed by atoms with Crippen LogP contribution < -0.4 is 10.6 Å². The fourth-order valence-corrected chi connectivity index (χ4v) is 2.11. The Morgan fingerprint density at radius 1 is 1.11 bits per heavy atom. The first-order chi connectivity index (χ1) is 12.6. The van der Waals surface area contributed by atoms with Gasteiger partial charge in [0.15, 0.2) is 6.10 Å². The maximum Gasteiger partial charge on any atom is 0.407 e. The van der Waals surface area contributed by atoms with Crippen molar-refractivity contribution in [1.29, 1.82) is 0 Å². The number of carbonyl (C=O) groups excluding carboxylic acids is 3. The lowest BCUT2D eigenvalue weighted by Crippen LogP contribution is -2.33. The zero-order valence-corrected chi connectivity index (χ0v) is 16.8. The van der Waals surface area contributed by atoms with Crippen molar-refractivity contribution in [3.8, 4) is 0 Å². The van der Waals surface area contributed by atoms with Crippen molar-refractivity contribution in [2.75, 3.05) is 11.9 Å². The first kappa shape index (κ1) is 22.5. The van der Waals surface area contributed by atoms with E-state index in [9.17, 15) is 14.4 Å². The number of alkyl carbamates (subject to hydrolysis) is 1. The van der Waals surface area contributed by atoms with Crippen LogP contribution in [0.15, 0.2) is 24.3 Å². The topological polar surface area (TPSA) is 93.7 Å². The predicted molar refractivity (Wildman–Crippen MR) is 103 cm³/mol. The van der Waals surface area contributed by atoms with E-state index in [-0.39, 0.29) is 18.9 Å². The van der Waals surface area contributed by atoms with Crippen LogP contribution in [-0.4, -0.2) is 36.2 Å². The van der Waals surface area contributed by atoms with Gasteiger partial charge in [-0.25, -0.2) is 4.79 Å². The molecule has 0 aliphatic heterocycles. The number of amides is 2. The number of aryl methyl sites for hydroxylation is 1. The molecule has 7 nitrogen and oxygen atoms in total. The molecule has 1 aromatic rings. The molecule has 0 bridgehead atoms. The summed E-state index contributed by atoms with van der Waals surface area (Å²) >= 11 is 0. The van der Waals surface area contributed by atoms with E-state index in [1.807, 2.05) is 24.3 Å². The summed E-state index contributed by atoms with van der Waals surface area (Å²) < 4.78 is 10.2. The van der Waals surface area contributed by atoms with Gasteiger partial charge >= 0.3 is 12.1 Å². The number of benzene rings is 1. The normalized spacial score (nSPS) is 12.0. The summed E-state index contributed by atoms with van der Waals surface area (Å²) in [5.74, 6) is -0.885. The molecule has 0 saturated carbocycles. The van der Waals surface area contributed by atoms with Crippen LogP contribution in [0.4, 0.5) is 10.5 Å². The van der Waals surface area contributed by atoms with Gasteiger partial charge < -0.3 is 20.1 Å². The molecule has 150 valence electrons. The SMILES string of the molecule is CCc1ccc(NC(=O)[C@@H](C)OC(=O)CCCNC(=O)OC(C)(C)C)cc1. The van der Waals surface area contributed by atoms with E-state index in [4.69, 9.17) is 9.47 Å². The standard InChI is InChI=1S/C20H30N2O5/c1-6-15-9-11-16(12-10-15)22-18(24)14(2)26-17(23)8-7-13-21-19(25)27-20(3,4)5/h9-12,14H,6-8,13H2,1-5H3,(H,21,25)(H,22,24)/t14-/m1/s1. The highest BCUT2D eigenvalue weighted by atomic mass is 16.6. The number of esters is 1. The van der Waals surface area contributed by atoms with Crippen LogP contribution in [0.5, 0.6) is 0 Å². The molecule has 1 rings (SSSR count). The van der Waals surface area contributed by atoms with E-state index in [0.717, 1.165) is 6.42 Å². The molecule has 0 saturated heterocycles. The number of ether oxygens (including phenoxy) is 2. The van der Waals surface area contributed by atoms with Crippen molar-refractivity contribution in [2.24, 2.45) is 0 Å². The zero-order chi connectivity index (χ0) is 20.4.